The highest BCUT2D eigenvalue weighted by atomic mass is 16.5. The minimum atomic E-state index is -0.297. The Morgan fingerprint density at radius 3 is 2.07 bits per heavy atom. The molecule has 0 radical (unpaired) electrons. The number of nitrogens with zero attached hydrogens (tertiary/aromatic N) is 2. The quantitative estimate of drug-likeness (QED) is 0.0305. The first kappa shape index (κ1) is 41.4. The molecule has 0 spiro atoms. The molecule has 0 fully saturated rings. The maximum absolute atomic E-state index is 13.8. The molecule has 294 valence electrons. The summed E-state index contributed by atoms with van der Waals surface area (Å²) >= 11 is 0. The van der Waals surface area contributed by atoms with Crippen LogP contribution in [0.2, 0.25) is 0 Å². The van der Waals surface area contributed by atoms with Crippen molar-refractivity contribution in [2.45, 2.75) is 113 Å². The molecule has 55 heavy (non-hydrogen) atoms. The van der Waals surface area contributed by atoms with E-state index in [4.69, 9.17) is 9.15 Å². The minimum Gasteiger partial charge on any atom is -0.508 e. The molecule has 0 bridgehead atoms. The molecule has 0 unspecified atom stereocenters. The van der Waals surface area contributed by atoms with Crippen molar-refractivity contribution in [2.24, 2.45) is 0 Å². The second kappa shape index (κ2) is 19.2. The molecule has 3 aromatic carbocycles. The van der Waals surface area contributed by atoms with E-state index < -0.39 is 0 Å². The number of anilines is 1. The van der Waals surface area contributed by atoms with Gasteiger partial charge in [0.05, 0.1) is 18.2 Å². The third-order valence-electron chi connectivity index (χ3n) is 11.5. The average molecular weight is 748 g/mol. The van der Waals surface area contributed by atoms with Crippen molar-refractivity contribution in [1.82, 2.24) is 4.58 Å². The molecule has 1 aliphatic heterocycles. The van der Waals surface area contributed by atoms with Gasteiger partial charge in [0, 0.05) is 46.9 Å². The molecule has 3 aromatic rings. The van der Waals surface area contributed by atoms with Gasteiger partial charge in [-0.3, -0.25) is 0 Å². The molecule has 2 N–H and O–H groups in total. The van der Waals surface area contributed by atoms with E-state index >= 15 is 0 Å². The van der Waals surface area contributed by atoms with Crippen LogP contribution in [0.4, 0.5) is 5.69 Å². The van der Waals surface area contributed by atoms with E-state index in [1.54, 1.807) is 6.07 Å². The van der Waals surface area contributed by atoms with Gasteiger partial charge in [-0.05, 0) is 127 Å². The normalized spacial score (nSPS) is 11.4. The molecule has 5 rings (SSSR count). The van der Waals surface area contributed by atoms with Crippen molar-refractivity contribution in [2.75, 3.05) is 37.7 Å². The molecule has 2 aliphatic rings. The largest absolute Gasteiger partial charge is 0.508 e. The molecule has 1 heterocycles. The standard InChI is InChI=1S/C48H62N2O5/c1-9-49(10-2)41-30-44-39(27-32(41)5)46(40-28-33(6)42(31-45(40)55-44)50(11-3)12-4)37-24-20-21-25-38(37)48(53)54-26-22-18-16-14-13-15-17-19-23-36-29-43(51)34(7)35(8)47(36)52/h20-21,24-25,27-31,53H,9-19,22-23,26H2,1-8H3/p+1. The van der Waals surface area contributed by atoms with Crippen LogP contribution in [0.25, 0.3) is 33.4 Å². The number of benzene rings is 4. The fraction of sp³-hybridized carbons (Fsp3) is 0.458. The summed E-state index contributed by atoms with van der Waals surface area (Å²) in [5, 5.41) is 22.7. The lowest BCUT2D eigenvalue weighted by atomic mass is 9.89. The lowest BCUT2D eigenvalue weighted by Crippen LogP contribution is -2.31. The summed E-state index contributed by atoms with van der Waals surface area (Å²) in [6.07, 6.45) is 9.27. The lowest BCUT2D eigenvalue weighted by molar-refractivity contribution is 0.0498. The molecule has 7 heteroatoms. The lowest BCUT2D eigenvalue weighted by Gasteiger charge is -2.25. The van der Waals surface area contributed by atoms with Gasteiger partial charge in [-0.15, -0.1) is 0 Å². The fourth-order valence-corrected chi connectivity index (χ4v) is 8.02. The molecule has 7 nitrogen and oxygen atoms in total. The van der Waals surface area contributed by atoms with Gasteiger partial charge in [0.25, 0.3) is 0 Å². The summed E-state index contributed by atoms with van der Waals surface area (Å²) in [5.74, 6) is 1.08. The summed E-state index contributed by atoms with van der Waals surface area (Å²) in [6.45, 7) is 20.7. The molecule has 0 saturated heterocycles. The molecule has 0 saturated carbocycles. The van der Waals surface area contributed by atoms with E-state index in [-0.39, 0.29) is 11.7 Å². The number of aryl methyl sites for hydroxylation is 3. The minimum absolute atomic E-state index is 0.258. The van der Waals surface area contributed by atoms with Crippen LogP contribution in [0.3, 0.4) is 0 Å². The predicted molar refractivity (Wildman–Crippen MR) is 228 cm³/mol. The zero-order chi connectivity index (χ0) is 39.6. The summed E-state index contributed by atoms with van der Waals surface area (Å²) in [6, 6.07) is 18.3. The number of esters is 1. The Kier molecular flexibility index (Phi) is 14.4. The van der Waals surface area contributed by atoms with Crippen LogP contribution in [0.1, 0.15) is 117 Å². The van der Waals surface area contributed by atoms with E-state index in [1.165, 1.54) is 11.1 Å². The Morgan fingerprint density at radius 1 is 0.745 bits per heavy atom. The van der Waals surface area contributed by atoms with Crippen molar-refractivity contribution in [3.8, 4) is 33.9 Å². The molecular weight excluding hydrogens is 685 g/mol. The van der Waals surface area contributed by atoms with E-state index in [1.807, 2.05) is 38.1 Å². The average Bonchev–Trinajstić information content (AvgIpc) is 3.18. The maximum atomic E-state index is 13.8. The topological polar surface area (TPSA) is 86.2 Å². The van der Waals surface area contributed by atoms with Crippen LogP contribution in [-0.4, -0.2) is 49.0 Å². The number of unbranched alkanes of at least 4 members (excludes halogenated alkanes) is 7. The monoisotopic (exact) mass is 747 g/mol. The summed E-state index contributed by atoms with van der Waals surface area (Å²) in [5.41, 5.74) is 10.0. The third kappa shape index (κ3) is 9.37. The maximum Gasteiger partial charge on any atom is 0.338 e. The van der Waals surface area contributed by atoms with Gasteiger partial charge < -0.3 is 24.3 Å². The number of fused-ring (bicyclic) bond motifs is 2. The molecule has 1 aliphatic carbocycles. The van der Waals surface area contributed by atoms with Gasteiger partial charge in [0.1, 0.15) is 35.9 Å². The van der Waals surface area contributed by atoms with Crippen molar-refractivity contribution in [3.63, 3.8) is 0 Å². The Hall–Kier alpha value is -4.78. The highest BCUT2D eigenvalue weighted by molar-refractivity contribution is 6.08. The second-order valence-electron chi connectivity index (χ2n) is 15.0. The van der Waals surface area contributed by atoms with Gasteiger partial charge in [-0.25, -0.2) is 9.37 Å². The summed E-state index contributed by atoms with van der Waals surface area (Å²) < 4.78 is 15.1. The zero-order valence-corrected chi connectivity index (χ0v) is 34.6. The number of aromatic hydroxyl groups is 2. The Bertz CT molecular complexity index is 2140. The van der Waals surface area contributed by atoms with E-state index in [9.17, 15) is 15.0 Å². The Labute approximate surface area is 328 Å². The molecule has 0 aromatic heterocycles. The van der Waals surface area contributed by atoms with Crippen LogP contribution in [0.5, 0.6) is 11.5 Å². The SMILES string of the molecule is CCN(CC)c1cc2oc3cc(=[N+](CC)CC)c(C)cc-3c(-c3ccccc3C(=O)OCCCCCCCCCCc3cc(O)c(C)c(C)c3O)c2cc1C. The highest BCUT2D eigenvalue weighted by Crippen LogP contribution is 2.43. The first-order chi connectivity index (χ1) is 26.5. The van der Waals surface area contributed by atoms with Crippen molar-refractivity contribution in [3.05, 3.63) is 93.3 Å². The summed E-state index contributed by atoms with van der Waals surface area (Å²) in [4.78, 5) is 16.2. The number of rotatable bonds is 18. The van der Waals surface area contributed by atoms with Gasteiger partial charge in [0.15, 0.2) is 0 Å². The van der Waals surface area contributed by atoms with E-state index in [2.05, 4.69) is 75.3 Å². The van der Waals surface area contributed by atoms with Gasteiger partial charge in [-0.2, -0.15) is 0 Å². The highest BCUT2D eigenvalue weighted by Gasteiger charge is 2.25. The Morgan fingerprint density at radius 2 is 1.40 bits per heavy atom. The van der Waals surface area contributed by atoms with Crippen molar-refractivity contribution >= 4 is 22.6 Å². The number of hydrogen-bond donors (Lipinski definition) is 2. The van der Waals surface area contributed by atoms with E-state index in [0.717, 1.165) is 145 Å². The second-order valence-corrected chi connectivity index (χ2v) is 15.0. The summed E-state index contributed by atoms with van der Waals surface area (Å²) in [7, 11) is 0. The van der Waals surface area contributed by atoms with Crippen LogP contribution >= 0.6 is 0 Å². The molecule has 0 atom stereocenters. The number of hydrogen-bond acceptors (Lipinski definition) is 6. The van der Waals surface area contributed by atoms with Gasteiger partial charge in [-0.1, -0.05) is 56.7 Å². The van der Waals surface area contributed by atoms with Crippen molar-refractivity contribution < 1.29 is 24.2 Å². The number of phenolic OH excluding ortho intramolecular Hbond substituents is 2. The van der Waals surface area contributed by atoms with Gasteiger partial charge in [0.2, 0.25) is 5.36 Å². The van der Waals surface area contributed by atoms with E-state index in [0.29, 0.717) is 17.9 Å². The third-order valence-corrected chi connectivity index (χ3v) is 11.5. The Balaban J connectivity index is 1.27. The number of ether oxygens (including phenoxy) is 1. The molecule has 0 amide bonds. The van der Waals surface area contributed by atoms with Crippen LogP contribution < -0.4 is 14.8 Å². The fourth-order valence-electron chi connectivity index (χ4n) is 8.02. The first-order valence-corrected chi connectivity index (χ1v) is 20.7. The first-order valence-electron chi connectivity index (χ1n) is 20.7. The molecular formula is C48H63N2O5+. The van der Waals surface area contributed by atoms with Gasteiger partial charge >= 0.3 is 5.97 Å². The van der Waals surface area contributed by atoms with Crippen LogP contribution in [-0.2, 0) is 11.2 Å². The van der Waals surface area contributed by atoms with Crippen LogP contribution in [0, 0.1) is 27.7 Å². The number of phenols is 2. The van der Waals surface area contributed by atoms with Crippen LogP contribution in [0.15, 0.2) is 59.0 Å². The van der Waals surface area contributed by atoms with Crippen molar-refractivity contribution in [1.29, 1.82) is 0 Å². The smallest absolute Gasteiger partial charge is 0.338 e. The zero-order valence-electron chi connectivity index (χ0n) is 34.6. The number of carbonyl (C=O) groups excluding carboxylic acids is 1. The number of carbonyl (C=O) groups is 1. The predicted octanol–water partition coefficient (Wildman–Crippen LogP) is 11.0.